The molecule has 16 heavy (non-hydrogen) atoms. The highest BCUT2D eigenvalue weighted by molar-refractivity contribution is 6.31. The molecule has 0 spiro atoms. The van der Waals surface area contributed by atoms with Crippen LogP contribution < -0.4 is 5.73 Å². The number of nitrogens with two attached hydrogens (primary N) is 1. The standard InChI is InChI=1S/C11H13ClFNO2/c1-11(6-14)15-5-9(16-11)10-7(12)3-2-4-8(10)13/h2-4,9H,5-6,14H2,1H3. The molecule has 1 fully saturated rings. The van der Waals surface area contributed by atoms with Gasteiger partial charge in [-0.1, -0.05) is 17.7 Å². The molecule has 1 aromatic rings. The van der Waals surface area contributed by atoms with Gasteiger partial charge in [0.1, 0.15) is 11.9 Å². The van der Waals surface area contributed by atoms with Gasteiger partial charge in [-0.25, -0.2) is 4.39 Å². The zero-order valence-electron chi connectivity index (χ0n) is 8.87. The molecule has 1 aromatic carbocycles. The maximum absolute atomic E-state index is 13.6. The van der Waals surface area contributed by atoms with E-state index in [0.29, 0.717) is 10.6 Å². The van der Waals surface area contributed by atoms with E-state index in [1.54, 1.807) is 19.1 Å². The topological polar surface area (TPSA) is 44.5 Å². The van der Waals surface area contributed by atoms with Gasteiger partial charge in [-0.15, -0.1) is 0 Å². The van der Waals surface area contributed by atoms with Crippen molar-refractivity contribution >= 4 is 11.6 Å². The lowest BCUT2D eigenvalue weighted by Crippen LogP contribution is -2.35. The van der Waals surface area contributed by atoms with Gasteiger partial charge < -0.3 is 15.2 Å². The fourth-order valence-electron chi connectivity index (χ4n) is 1.69. The average molecular weight is 246 g/mol. The summed E-state index contributed by atoms with van der Waals surface area (Å²) >= 11 is 5.94. The van der Waals surface area contributed by atoms with E-state index in [-0.39, 0.29) is 19.0 Å². The zero-order chi connectivity index (χ0) is 11.8. The molecule has 0 bridgehead atoms. The largest absolute Gasteiger partial charge is 0.346 e. The van der Waals surface area contributed by atoms with Crippen LogP contribution >= 0.6 is 11.6 Å². The van der Waals surface area contributed by atoms with Crippen molar-refractivity contribution in [3.63, 3.8) is 0 Å². The van der Waals surface area contributed by atoms with E-state index in [4.69, 9.17) is 26.8 Å². The normalized spacial score (nSPS) is 29.6. The van der Waals surface area contributed by atoms with Gasteiger partial charge >= 0.3 is 0 Å². The molecule has 1 heterocycles. The molecule has 2 unspecified atom stereocenters. The fourth-order valence-corrected chi connectivity index (χ4v) is 1.97. The van der Waals surface area contributed by atoms with Crippen LogP contribution in [0.5, 0.6) is 0 Å². The molecular formula is C11H13ClFNO2. The van der Waals surface area contributed by atoms with Crippen LogP contribution in [0.15, 0.2) is 18.2 Å². The Morgan fingerprint density at radius 1 is 1.62 bits per heavy atom. The number of hydrogen-bond acceptors (Lipinski definition) is 3. The lowest BCUT2D eigenvalue weighted by molar-refractivity contribution is -0.146. The van der Waals surface area contributed by atoms with Crippen LogP contribution in [0, 0.1) is 5.82 Å². The number of benzene rings is 1. The molecule has 1 aliphatic heterocycles. The van der Waals surface area contributed by atoms with Crippen LogP contribution in [0.3, 0.4) is 0 Å². The minimum Gasteiger partial charge on any atom is -0.346 e. The van der Waals surface area contributed by atoms with Crippen LogP contribution in [0.1, 0.15) is 18.6 Å². The maximum atomic E-state index is 13.6. The van der Waals surface area contributed by atoms with Gasteiger partial charge in [0.25, 0.3) is 0 Å². The second kappa shape index (κ2) is 4.30. The first-order valence-electron chi connectivity index (χ1n) is 5.01. The van der Waals surface area contributed by atoms with Crippen molar-refractivity contribution in [3.05, 3.63) is 34.6 Å². The predicted octanol–water partition coefficient (Wildman–Crippen LogP) is 2.24. The van der Waals surface area contributed by atoms with E-state index < -0.39 is 11.9 Å². The van der Waals surface area contributed by atoms with Gasteiger partial charge in [0.15, 0.2) is 5.79 Å². The molecule has 88 valence electrons. The molecule has 0 aliphatic carbocycles. The molecule has 0 aromatic heterocycles. The smallest absolute Gasteiger partial charge is 0.178 e. The predicted molar refractivity (Wildman–Crippen MR) is 58.6 cm³/mol. The number of hydrogen-bond donors (Lipinski definition) is 1. The third-order valence-electron chi connectivity index (χ3n) is 2.62. The molecule has 2 rings (SSSR count). The summed E-state index contributed by atoms with van der Waals surface area (Å²) in [6.45, 7) is 2.20. The Hall–Kier alpha value is -0.680. The van der Waals surface area contributed by atoms with Crippen LogP contribution in [0.2, 0.25) is 5.02 Å². The van der Waals surface area contributed by atoms with Gasteiger partial charge in [-0.3, -0.25) is 0 Å². The first kappa shape index (κ1) is 11.8. The highest BCUT2D eigenvalue weighted by atomic mass is 35.5. The second-order valence-electron chi connectivity index (χ2n) is 3.89. The third kappa shape index (κ3) is 2.06. The van der Waals surface area contributed by atoms with Crippen molar-refractivity contribution in [2.75, 3.05) is 13.2 Å². The van der Waals surface area contributed by atoms with E-state index in [9.17, 15) is 4.39 Å². The van der Waals surface area contributed by atoms with Crippen molar-refractivity contribution in [1.29, 1.82) is 0 Å². The minimum absolute atomic E-state index is 0.218. The van der Waals surface area contributed by atoms with E-state index in [0.717, 1.165) is 0 Å². The van der Waals surface area contributed by atoms with E-state index in [2.05, 4.69) is 0 Å². The molecule has 3 nitrogen and oxygen atoms in total. The van der Waals surface area contributed by atoms with E-state index >= 15 is 0 Å². The van der Waals surface area contributed by atoms with Crippen molar-refractivity contribution in [2.45, 2.75) is 18.8 Å². The van der Waals surface area contributed by atoms with Crippen LogP contribution in [-0.4, -0.2) is 18.9 Å². The number of halogens is 2. The highest BCUT2D eigenvalue weighted by Gasteiger charge is 2.38. The summed E-state index contributed by atoms with van der Waals surface area (Å²) in [5.41, 5.74) is 5.84. The lowest BCUT2D eigenvalue weighted by atomic mass is 10.1. The Morgan fingerprint density at radius 3 is 2.94 bits per heavy atom. The maximum Gasteiger partial charge on any atom is 0.178 e. The lowest BCUT2D eigenvalue weighted by Gasteiger charge is -2.21. The van der Waals surface area contributed by atoms with E-state index in [1.165, 1.54) is 6.07 Å². The molecule has 1 aliphatic rings. The minimum atomic E-state index is -0.851. The van der Waals surface area contributed by atoms with Gasteiger partial charge in [-0.2, -0.15) is 0 Å². The van der Waals surface area contributed by atoms with Crippen molar-refractivity contribution in [1.82, 2.24) is 0 Å². The Kier molecular flexibility index (Phi) is 3.17. The summed E-state index contributed by atoms with van der Waals surface area (Å²) in [7, 11) is 0. The van der Waals surface area contributed by atoms with Crippen molar-refractivity contribution in [3.8, 4) is 0 Å². The monoisotopic (exact) mass is 245 g/mol. The zero-order valence-corrected chi connectivity index (χ0v) is 9.63. The quantitative estimate of drug-likeness (QED) is 0.869. The summed E-state index contributed by atoms with van der Waals surface area (Å²) in [4.78, 5) is 0. The summed E-state index contributed by atoms with van der Waals surface area (Å²) in [5, 5.41) is 0.342. The van der Waals surface area contributed by atoms with Crippen molar-refractivity contribution < 1.29 is 13.9 Å². The molecule has 2 atom stereocenters. The van der Waals surface area contributed by atoms with Gasteiger partial charge in [0.2, 0.25) is 0 Å². The molecule has 5 heteroatoms. The van der Waals surface area contributed by atoms with Crippen LogP contribution in [0.4, 0.5) is 4.39 Å². The number of rotatable bonds is 2. The number of ether oxygens (including phenoxy) is 2. The average Bonchev–Trinajstić information content (AvgIpc) is 2.62. The molecule has 0 amide bonds. The fraction of sp³-hybridized carbons (Fsp3) is 0.455. The third-order valence-corrected chi connectivity index (χ3v) is 2.95. The van der Waals surface area contributed by atoms with Crippen LogP contribution in [0.25, 0.3) is 0 Å². The Bertz CT molecular complexity index is 381. The van der Waals surface area contributed by atoms with Gasteiger partial charge in [-0.05, 0) is 19.1 Å². The molecule has 0 saturated carbocycles. The molecule has 2 N–H and O–H groups in total. The first-order valence-corrected chi connectivity index (χ1v) is 5.39. The first-order chi connectivity index (χ1) is 7.56. The summed E-state index contributed by atoms with van der Waals surface area (Å²) in [6, 6.07) is 4.53. The SMILES string of the molecule is CC1(CN)OCC(c2c(F)cccc2Cl)O1. The Morgan fingerprint density at radius 2 is 2.38 bits per heavy atom. The summed E-state index contributed by atoms with van der Waals surface area (Å²) in [5.74, 6) is -1.24. The Labute approximate surface area is 98.3 Å². The summed E-state index contributed by atoms with van der Waals surface area (Å²) in [6.07, 6.45) is -0.498. The van der Waals surface area contributed by atoms with E-state index in [1.807, 2.05) is 0 Å². The molecule has 0 radical (unpaired) electrons. The van der Waals surface area contributed by atoms with Gasteiger partial charge in [0, 0.05) is 17.1 Å². The second-order valence-corrected chi connectivity index (χ2v) is 4.30. The van der Waals surface area contributed by atoms with Crippen LogP contribution in [-0.2, 0) is 9.47 Å². The highest BCUT2D eigenvalue weighted by Crippen LogP contribution is 2.36. The molecule has 1 saturated heterocycles. The Balaban J connectivity index is 2.27. The van der Waals surface area contributed by atoms with Crippen molar-refractivity contribution in [2.24, 2.45) is 5.73 Å². The van der Waals surface area contributed by atoms with Gasteiger partial charge in [0.05, 0.1) is 6.61 Å². The summed E-state index contributed by atoms with van der Waals surface area (Å²) < 4.78 is 24.6. The molecular weight excluding hydrogens is 233 g/mol.